The van der Waals surface area contributed by atoms with E-state index in [0.29, 0.717) is 32.9 Å². The molecule has 0 saturated heterocycles. The average molecular weight is 378 g/mol. The Morgan fingerprint density at radius 1 is 1.28 bits per heavy atom. The Kier molecular flexibility index (Phi) is 5.35. The van der Waals surface area contributed by atoms with Gasteiger partial charge in [-0.3, -0.25) is 9.89 Å². The van der Waals surface area contributed by atoms with Crippen LogP contribution in [-0.4, -0.2) is 33.8 Å². The molecule has 3 rings (SSSR count). The van der Waals surface area contributed by atoms with Crippen molar-refractivity contribution in [1.29, 1.82) is 0 Å². The first-order chi connectivity index (χ1) is 12.1. The van der Waals surface area contributed by atoms with E-state index in [0.717, 1.165) is 0 Å². The van der Waals surface area contributed by atoms with Gasteiger partial charge < -0.3 is 4.74 Å². The van der Waals surface area contributed by atoms with Gasteiger partial charge in [-0.25, -0.2) is 9.37 Å². The maximum absolute atomic E-state index is 12.9. The highest BCUT2D eigenvalue weighted by atomic mass is 35.5. The minimum Gasteiger partial charge on any atom is -0.496 e. The predicted octanol–water partition coefficient (Wildman–Crippen LogP) is 4.25. The third-order valence-electron chi connectivity index (χ3n) is 3.38. The highest BCUT2D eigenvalue weighted by Crippen LogP contribution is 2.31. The molecule has 25 heavy (non-hydrogen) atoms. The molecule has 0 saturated carbocycles. The minimum absolute atomic E-state index is 0.128. The molecule has 0 fully saturated rings. The fraction of sp³-hybridized carbons (Fsp3) is 0.118. The second kappa shape index (κ2) is 7.67. The molecule has 3 aromatic rings. The lowest BCUT2D eigenvalue weighted by Crippen LogP contribution is -2.02. The van der Waals surface area contributed by atoms with Crippen LogP contribution < -0.4 is 4.74 Å². The lowest BCUT2D eigenvalue weighted by Gasteiger charge is -2.05. The van der Waals surface area contributed by atoms with Crippen LogP contribution in [0.4, 0.5) is 4.39 Å². The number of halogens is 2. The van der Waals surface area contributed by atoms with Gasteiger partial charge in [-0.1, -0.05) is 23.4 Å². The van der Waals surface area contributed by atoms with Gasteiger partial charge in [-0.2, -0.15) is 0 Å². The Balaban J connectivity index is 1.71. The van der Waals surface area contributed by atoms with Crippen molar-refractivity contribution in [2.45, 2.75) is 5.16 Å². The Morgan fingerprint density at radius 2 is 2.04 bits per heavy atom. The molecule has 128 valence electrons. The number of thioether (sulfide) groups is 1. The summed E-state index contributed by atoms with van der Waals surface area (Å²) in [5, 5.41) is 7.88. The molecule has 8 heteroatoms. The summed E-state index contributed by atoms with van der Waals surface area (Å²) in [6, 6.07) is 10.6. The molecule has 1 aromatic heterocycles. The molecule has 0 amide bonds. The number of H-pyrrole nitrogens is 1. The summed E-state index contributed by atoms with van der Waals surface area (Å²) < 4.78 is 18.2. The van der Waals surface area contributed by atoms with Crippen molar-refractivity contribution in [2.75, 3.05) is 12.9 Å². The van der Waals surface area contributed by atoms with Crippen molar-refractivity contribution >= 4 is 29.1 Å². The summed E-state index contributed by atoms with van der Waals surface area (Å²) >= 11 is 7.21. The predicted molar refractivity (Wildman–Crippen MR) is 94.8 cm³/mol. The Labute approximate surface area is 152 Å². The smallest absolute Gasteiger partial charge is 0.209 e. The maximum atomic E-state index is 12.9. The third kappa shape index (κ3) is 4.18. The lowest BCUT2D eigenvalue weighted by molar-refractivity contribution is 0.102. The molecule has 0 bridgehead atoms. The number of rotatable bonds is 6. The van der Waals surface area contributed by atoms with Crippen LogP contribution in [0.25, 0.3) is 11.4 Å². The summed E-state index contributed by atoms with van der Waals surface area (Å²) in [5.41, 5.74) is 1.13. The topological polar surface area (TPSA) is 67.9 Å². The first kappa shape index (κ1) is 17.4. The molecule has 0 atom stereocenters. The number of carbonyl (C=O) groups excluding carboxylic acids is 1. The fourth-order valence-electron chi connectivity index (χ4n) is 2.15. The second-order valence-electron chi connectivity index (χ2n) is 5.03. The fourth-order valence-corrected chi connectivity index (χ4v) is 3.01. The zero-order valence-electron chi connectivity index (χ0n) is 13.1. The van der Waals surface area contributed by atoms with Gasteiger partial charge in [0, 0.05) is 10.6 Å². The van der Waals surface area contributed by atoms with E-state index < -0.39 is 0 Å². The number of nitrogens with one attached hydrogen (secondary N) is 1. The molecule has 1 heterocycles. The molecule has 5 nitrogen and oxygen atoms in total. The monoisotopic (exact) mass is 377 g/mol. The van der Waals surface area contributed by atoms with Crippen LogP contribution >= 0.6 is 23.4 Å². The van der Waals surface area contributed by atoms with Gasteiger partial charge in [-0.15, -0.1) is 5.10 Å². The molecule has 0 aliphatic carbocycles. The summed E-state index contributed by atoms with van der Waals surface area (Å²) in [4.78, 5) is 16.5. The third-order valence-corrected chi connectivity index (χ3v) is 4.46. The van der Waals surface area contributed by atoms with Crippen molar-refractivity contribution in [3.05, 3.63) is 58.9 Å². The maximum Gasteiger partial charge on any atom is 0.209 e. The number of methoxy groups -OCH3 is 1. The highest BCUT2D eigenvalue weighted by Gasteiger charge is 2.14. The Morgan fingerprint density at radius 3 is 2.76 bits per heavy atom. The largest absolute Gasteiger partial charge is 0.496 e. The van der Waals surface area contributed by atoms with Crippen LogP contribution in [-0.2, 0) is 0 Å². The lowest BCUT2D eigenvalue weighted by atomic mass is 10.1. The average Bonchev–Trinajstić information content (AvgIpc) is 3.09. The van der Waals surface area contributed by atoms with Gasteiger partial charge in [0.05, 0.1) is 18.4 Å². The van der Waals surface area contributed by atoms with E-state index in [2.05, 4.69) is 15.2 Å². The Hall–Kier alpha value is -2.38. The van der Waals surface area contributed by atoms with Crippen molar-refractivity contribution < 1.29 is 13.9 Å². The Bertz CT molecular complexity index is 899. The van der Waals surface area contributed by atoms with Gasteiger partial charge >= 0.3 is 0 Å². The van der Waals surface area contributed by atoms with Crippen molar-refractivity contribution in [3.63, 3.8) is 0 Å². The number of hydrogen-bond acceptors (Lipinski definition) is 5. The van der Waals surface area contributed by atoms with Crippen LogP contribution in [0.2, 0.25) is 5.02 Å². The number of ketones is 1. The van der Waals surface area contributed by atoms with Crippen molar-refractivity contribution in [3.8, 4) is 17.1 Å². The molecule has 0 radical (unpaired) electrons. The van der Waals surface area contributed by atoms with E-state index in [9.17, 15) is 9.18 Å². The number of benzene rings is 2. The van der Waals surface area contributed by atoms with E-state index in [1.807, 2.05) is 0 Å². The van der Waals surface area contributed by atoms with Gasteiger partial charge in [0.2, 0.25) is 5.16 Å². The molecular formula is C17H13ClFN3O2S. The number of aromatic nitrogens is 3. The van der Waals surface area contributed by atoms with Crippen LogP contribution in [0.3, 0.4) is 0 Å². The molecule has 0 spiro atoms. The number of aromatic amines is 1. The zero-order valence-corrected chi connectivity index (χ0v) is 14.7. The van der Waals surface area contributed by atoms with E-state index in [4.69, 9.17) is 16.3 Å². The highest BCUT2D eigenvalue weighted by molar-refractivity contribution is 7.99. The van der Waals surface area contributed by atoms with Crippen LogP contribution in [0, 0.1) is 5.82 Å². The molecule has 0 unspecified atom stereocenters. The van der Waals surface area contributed by atoms with Crippen LogP contribution in [0.5, 0.6) is 5.75 Å². The number of hydrogen-bond donors (Lipinski definition) is 1. The van der Waals surface area contributed by atoms with E-state index in [1.165, 1.54) is 36.0 Å². The molecule has 0 aliphatic rings. The van der Waals surface area contributed by atoms with E-state index in [-0.39, 0.29) is 17.4 Å². The number of ether oxygens (including phenoxy) is 1. The SMILES string of the molecule is COc1ccc(Cl)cc1-c1nc(SCC(=O)c2ccc(F)cc2)n[nH]1. The quantitative estimate of drug-likeness (QED) is 0.514. The molecule has 0 aliphatic heterocycles. The van der Waals surface area contributed by atoms with E-state index in [1.54, 1.807) is 25.3 Å². The first-order valence-electron chi connectivity index (χ1n) is 7.24. The number of Topliss-reactive ketones (excluding diaryl/α,β-unsaturated/α-hetero) is 1. The van der Waals surface area contributed by atoms with Crippen LogP contribution in [0.1, 0.15) is 10.4 Å². The molecular weight excluding hydrogens is 365 g/mol. The number of carbonyl (C=O) groups is 1. The van der Waals surface area contributed by atoms with Crippen molar-refractivity contribution in [2.24, 2.45) is 0 Å². The second-order valence-corrected chi connectivity index (χ2v) is 6.41. The minimum atomic E-state index is -0.377. The van der Waals surface area contributed by atoms with Crippen molar-refractivity contribution in [1.82, 2.24) is 15.2 Å². The van der Waals surface area contributed by atoms with E-state index >= 15 is 0 Å². The van der Waals surface area contributed by atoms with Gasteiger partial charge in [0.15, 0.2) is 11.6 Å². The zero-order chi connectivity index (χ0) is 17.8. The summed E-state index contributed by atoms with van der Waals surface area (Å²) in [7, 11) is 1.56. The summed E-state index contributed by atoms with van der Waals surface area (Å²) in [6.07, 6.45) is 0. The van der Waals surface area contributed by atoms with Gasteiger partial charge in [0.1, 0.15) is 11.6 Å². The number of nitrogens with zero attached hydrogens (tertiary/aromatic N) is 2. The van der Waals surface area contributed by atoms with Gasteiger partial charge in [-0.05, 0) is 42.5 Å². The first-order valence-corrected chi connectivity index (χ1v) is 8.61. The standard InChI is InChI=1S/C17H13ClFN3O2S/c1-24-15-7-4-11(18)8-13(15)16-20-17(22-21-16)25-9-14(23)10-2-5-12(19)6-3-10/h2-8H,9H2,1H3,(H,20,21,22). The molecule has 1 N–H and O–H groups in total. The normalized spacial score (nSPS) is 10.7. The van der Waals surface area contributed by atoms with Gasteiger partial charge in [0.25, 0.3) is 0 Å². The summed E-state index contributed by atoms with van der Waals surface area (Å²) in [6.45, 7) is 0. The van der Waals surface area contributed by atoms with Crippen LogP contribution in [0.15, 0.2) is 47.6 Å². The summed E-state index contributed by atoms with van der Waals surface area (Å²) in [5.74, 6) is 0.751. The molecule has 2 aromatic carbocycles.